The minimum Gasteiger partial charge on any atom is -0.370 e. The zero-order valence-corrected chi connectivity index (χ0v) is 14.7. The minimum atomic E-state index is 0.0116. The largest absolute Gasteiger partial charge is 0.370 e. The summed E-state index contributed by atoms with van der Waals surface area (Å²) in [6, 6.07) is 7.71. The Hall–Kier alpha value is -2.04. The standard InChI is InChI=1S/C18H30N4O/c1-5-14(4)17(23)22-16-8-6-7-15(11-16)12-21-18(19)20-10-9-13(2)3/h6-8,11,13-14H,5,9-10,12H2,1-4H3,(H,22,23)(H3,19,20,21). The molecule has 5 nitrogen and oxygen atoms in total. The number of hydrogen-bond acceptors (Lipinski definition) is 2. The van der Waals surface area contributed by atoms with Gasteiger partial charge in [0, 0.05) is 18.2 Å². The van der Waals surface area contributed by atoms with Gasteiger partial charge in [-0.15, -0.1) is 0 Å². The number of nitrogens with one attached hydrogen (secondary N) is 2. The predicted molar refractivity (Wildman–Crippen MR) is 97.3 cm³/mol. The van der Waals surface area contributed by atoms with Gasteiger partial charge in [-0.05, 0) is 36.5 Å². The van der Waals surface area contributed by atoms with Crippen LogP contribution in [-0.2, 0) is 11.3 Å². The van der Waals surface area contributed by atoms with Crippen LogP contribution in [0.25, 0.3) is 0 Å². The number of carbonyl (C=O) groups excluding carboxylic acids is 1. The SMILES string of the molecule is CCC(C)C(=O)Nc1cccc(CN=C(N)NCCC(C)C)c1. The van der Waals surface area contributed by atoms with Crippen LogP contribution in [0.15, 0.2) is 29.3 Å². The topological polar surface area (TPSA) is 79.5 Å². The van der Waals surface area contributed by atoms with Gasteiger partial charge in [-0.2, -0.15) is 0 Å². The molecule has 23 heavy (non-hydrogen) atoms. The minimum absolute atomic E-state index is 0.0116. The van der Waals surface area contributed by atoms with Gasteiger partial charge in [-0.25, -0.2) is 4.99 Å². The second-order valence-electron chi connectivity index (χ2n) is 6.31. The van der Waals surface area contributed by atoms with Crippen LogP contribution in [0.4, 0.5) is 5.69 Å². The number of rotatable bonds is 8. The molecule has 0 aromatic heterocycles. The fraction of sp³-hybridized carbons (Fsp3) is 0.556. The molecule has 5 heteroatoms. The van der Waals surface area contributed by atoms with Crippen LogP contribution in [0.5, 0.6) is 0 Å². The Morgan fingerprint density at radius 1 is 1.30 bits per heavy atom. The maximum atomic E-state index is 11.9. The first kappa shape index (κ1) is 19.0. The molecule has 1 aromatic rings. The van der Waals surface area contributed by atoms with E-state index in [0.717, 1.165) is 30.6 Å². The van der Waals surface area contributed by atoms with E-state index in [1.165, 1.54) is 0 Å². The van der Waals surface area contributed by atoms with Crippen LogP contribution in [0.3, 0.4) is 0 Å². The van der Waals surface area contributed by atoms with Crippen LogP contribution in [-0.4, -0.2) is 18.4 Å². The first-order valence-corrected chi connectivity index (χ1v) is 8.36. The highest BCUT2D eigenvalue weighted by molar-refractivity contribution is 5.92. The predicted octanol–water partition coefficient (Wildman–Crippen LogP) is 3.12. The van der Waals surface area contributed by atoms with E-state index in [2.05, 4.69) is 29.5 Å². The van der Waals surface area contributed by atoms with Crippen molar-refractivity contribution in [2.24, 2.45) is 22.6 Å². The van der Waals surface area contributed by atoms with Gasteiger partial charge >= 0.3 is 0 Å². The smallest absolute Gasteiger partial charge is 0.227 e. The van der Waals surface area contributed by atoms with E-state index in [4.69, 9.17) is 5.73 Å². The number of guanidine groups is 1. The van der Waals surface area contributed by atoms with Crippen molar-refractivity contribution in [3.05, 3.63) is 29.8 Å². The Kier molecular flexibility index (Phi) is 8.16. The number of nitrogens with zero attached hydrogens (tertiary/aromatic N) is 1. The summed E-state index contributed by atoms with van der Waals surface area (Å²) in [4.78, 5) is 16.3. The molecule has 1 unspecified atom stereocenters. The van der Waals surface area contributed by atoms with Gasteiger partial charge in [-0.1, -0.05) is 39.8 Å². The van der Waals surface area contributed by atoms with E-state index < -0.39 is 0 Å². The van der Waals surface area contributed by atoms with Crippen molar-refractivity contribution in [2.75, 3.05) is 11.9 Å². The van der Waals surface area contributed by atoms with Crippen molar-refractivity contribution in [3.8, 4) is 0 Å². The van der Waals surface area contributed by atoms with Crippen LogP contribution in [0, 0.1) is 11.8 Å². The second-order valence-corrected chi connectivity index (χ2v) is 6.31. The molecule has 1 atom stereocenters. The molecule has 0 aliphatic carbocycles. The summed E-state index contributed by atoms with van der Waals surface area (Å²) < 4.78 is 0. The average Bonchev–Trinajstić information content (AvgIpc) is 2.52. The summed E-state index contributed by atoms with van der Waals surface area (Å²) in [5.74, 6) is 1.15. The number of aliphatic imine (C=N–C) groups is 1. The molecule has 0 heterocycles. The van der Waals surface area contributed by atoms with Gasteiger partial charge in [0.1, 0.15) is 0 Å². The highest BCUT2D eigenvalue weighted by Gasteiger charge is 2.10. The van der Waals surface area contributed by atoms with Gasteiger partial charge in [0.05, 0.1) is 6.54 Å². The van der Waals surface area contributed by atoms with E-state index in [-0.39, 0.29) is 11.8 Å². The maximum Gasteiger partial charge on any atom is 0.227 e. The Bertz CT molecular complexity index is 526. The lowest BCUT2D eigenvalue weighted by molar-refractivity contribution is -0.119. The molecule has 1 aromatic carbocycles. The van der Waals surface area contributed by atoms with Crippen molar-refractivity contribution in [3.63, 3.8) is 0 Å². The molecule has 0 fully saturated rings. The molecular weight excluding hydrogens is 288 g/mol. The fourth-order valence-corrected chi connectivity index (χ4v) is 1.92. The van der Waals surface area contributed by atoms with E-state index in [1.807, 2.05) is 38.1 Å². The molecule has 0 saturated heterocycles. The summed E-state index contributed by atoms with van der Waals surface area (Å²) in [6.07, 6.45) is 1.89. The van der Waals surface area contributed by atoms with E-state index in [0.29, 0.717) is 18.4 Å². The summed E-state index contributed by atoms with van der Waals surface area (Å²) >= 11 is 0. The van der Waals surface area contributed by atoms with Crippen LogP contribution in [0.1, 0.15) is 46.1 Å². The monoisotopic (exact) mass is 318 g/mol. The molecule has 128 valence electrons. The van der Waals surface area contributed by atoms with E-state index >= 15 is 0 Å². The van der Waals surface area contributed by atoms with Crippen molar-refractivity contribution in [1.82, 2.24) is 5.32 Å². The maximum absolute atomic E-state index is 11.9. The zero-order chi connectivity index (χ0) is 17.2. The third kappa shape index (κ3) is 7.68. The third-order valence-electron chi connectivity index (χ3n) is 3.71. The number of benzene rings is 1. The molecular formula is C18H30N4O. The highest BCUT2D eigenvalue weighted by Crippen LogP contribution is 2.13. The lowest BCUT2D eigenvalue weighted by Gasteiger charge is -2.11. The van der Waals surface area contributed by atoms with Gasteiger partial charge in [0.15, 0.2) is 5.96 Å². The van der Waals surface area contributed by atoms with Gasteiger partial charge < -0.3 is 16.4 Å². The second kappa shape index (κ2) is 9.87. The molecule has 0 saturated carbocycles. The van der Waals surface area contributed by atoms with Crippen molar-refractivity contribution < 1.29 is 4.79 Å². The van der Waals surface area contributed by atoms with Gasteiger partial charge in [-0.3, -0.25) is 4.79 Å². The van der Waals surface area contributed by atoms with Crippen molar-refractivity contribution >= 4 is 17.6 Å². The fourth-order valence-electron chi connectivity index (χ4n) is 1.92. The van der Waals surface area contributed by atoms with E-state index in [1.54, 1.807) is 0 Å². The Balaban J connectivity index is 2.55. The molecule has 4 N–H and O–H groups in total. The molecule has 0 radical (unpaired) electrons. The molecule has 1 amide bonds. The first-order chi connectivity index (χ1) is 10.9. The number of carbonyl (C=O) groups is 1. The average molecular weight is 318 g/mol. The molecule has 1 rings (SSSR count). The molecule has 0 spiro atoms. The van der Waals surface area contributed by atoms with Crippen LogP contribution >= 0.6 is 0 Å². The summed E-state index contributed by atoms with van der Waals surface area (Å²) in [7, 11) is 0. The lowest BCUT2D eigenvalue weighted by Crippen LogP contribution is -2.32. The molecule has 0 bridgehead atoms. The highest BCUT2D eigenvalue weighted by atomic mass is 16.1. The molecule has 0 aliphatic rings. The van der Waals surface area contributed by atoms with Crippen molar-refractivity contribution in [2.45, 2.75) is 47.1 Å². The Morgan fingerprint density at radius 2 is 2.04 bits per heavy atom. The van der Waals surface area contributed by atoms with Gasteiger partial charge in [0.2, 0.25) is 5.91 Å². The summed E-state index contributed by atoms with van der Waals surface area (Å²) in [5, 5.41) is 6.04. The molecule has 0 aliphatic heterocycles. The summed E-state index contributed by atoms with van der Waals surface area (Å²) in [5.41, 5.74) is 7.67. The Labute approximate surface area is 139 Å². The van der Waals surface area contributed by atoms with Crippen molar-refractivity contribution in [1.29, 1.82) is 0 Å². The van der Waals surface area contributed by atoms with Crippen LogP contribution in [0.2, 0.25) is 0 Å². The number of anilines is 1. The number of hydrogen-bond donors (Lipinski definition) is 3. The Morgan fingerprint density at radius 3 is 2.70 bits per heavy atom. The van der Waals surface area contributed by atoms with E-state index in [9.17, 15) is 4.79 Å². The quantitative estimate of drug-likeness (QED) is 0.509. The number of nitrogens with two attached hydrogens (primary N) is 1. The third-order valence-corrected chi connectivity index (χ3v) is 3.71. The normalized spacial score (nSPS) is 13.0. The summed E-state index contributed by atoms with van der Waals surface area (Å²) in [6.45, 7) is 9.60. The first-order valence-electron chi connectivity index (χ1n) is 8.36. The lowest BCUT2D eigenvalue weighted by atomic mass is 10.1. The zero-order valence-electron chi connectivity index (χ0n) is 14.7. The number of amides is 1. The van der Waals surface area contributed by atoms with Crippen LogP contribution < -0.4 is 16.4 Å². The van der Waals surface area contributed by atoms with Gasteiger partial charge in [0.25, 0.3) is 0 Å².